The van der Waals surface area contributed by atoms with Crippen LogP contribution in [0, 0.1) is 4.77 Å². The van der Waals surface area contributed by atoms with Gasteiger partial charge in [-0.25, -0.2) is 0 Å². The second kappa shape index (κ2) is 8.35. The largest absolute Gasteiger partial charge is 0.508 e. The van der Waals surface area contributed by atoms with Crippen molar-refractivity contribution in [3.63, 3.8) is 0 Å². The van der Waals surface area contributed by atoms with Gasteiger partial charge in [-0.05, 0) is 61.3 Å². The Labute approximate surface area is 191 Å². The fourth-order valence-corrected chi connectivity index (χ4v) is 4.33. The van der Waals surface area contributed by atoms with Gasteiger partial charge in [-0.1, -0.05) is 20.8 Å². The first-order chi connectivity index (χ1) is 15.3. The number of methoxy groups -OCH3 is 1. The van der Waals surface area contributed by atoms with E-state index in [9.17, 15) is 10.2 Å². The molecular formula is C24H28N4O3S. The minimum Gasteiger partial charge on any atom is -0.508 e. The van der Waals surface area contributed by atoms with Crippen molar-refractivity contribution in [3.8, 4) is 34.3 Å². The van der Waals surface area contributed by atoms with Gasteiger partial charge in [0.2, 0.25) is 0 Å². The molecule has 168 valence electrons. The lowest BCUT2D eigenvalue weighted by molar-refractivity contribution is 0.415. The molecule has 1 unspecified atom stereocenters. The van der Waals surface area contributed by atoms with Crippen LogP contribution in [0.2, 0.25) is 0 Å². The molecule has 0 saturated carbocycles. The number of nitrogens with one attached hydrogen (secondary N) is 1. The second-order valence-corrected chi connectivity index (χ2v) is 8.69. The van der Waals surface area contributed by atoms with Crippen molar-refractivity contribution in [1.29, 1.82) is 0 Å². The van der Waals surface area contributed by atoms with Crippen LogP contribution in [-0.4, -0.2) is 36.7 Å². The highest BCUT2D eigenvalue weighted by atomic mass is 32.1. The van der Waals surface area contributed by atoms with Gasteiger partial charge >= 0.3 is 0 Å². The summed E-state index contributed by atoms with van der Waals surface area (Å²) >= 11 is 5.59. The van der Waals surface area contributed by atoms with E-state index in [-0.39, 0.29) is 17.4 Å². The minimum atomic E-state index is -0.0657. The summed E-state index contributed by atoms with van der Waals surface area (Å²) < 4.78 is 10.1. The smallest absolute Gasteiger partial charge is 0.200 e. The third-order valence-electron chi connectivity index (χ3n) is 6.02. The Morgan fingerprint density at radius 3 is 2.53 bits per heavy atom. The zero-order chi connectivity index (χ0) is 23.2. The Hall–Kier alpha value is -3.26. The number of aromatic nitrogens is 4. The molecule has 2 heterocycles. The molecule has 32 heavy (non-hydrogen) atoms. The maximum absolute atomic E-state index is 10.7. The summed E-state index contributed by atoms with van der Waals surface area (Å²) in [5, 5.41) is 29.2. The van der Waals surface area contributed by atoms with Gasteiger partial charge in [-0.3, -0.25) is 9.67 Å². The molecule has 7 nitrogen and oxygen atoms in total. The van der Waals surface area contributed by atoms with Crippen LogP contribution in [-0.2, 0) is 0 Å². The molecule has 2 aromatic heterocycles. The number of ether oxygens (including phenoxy) is 1. The van der Waals surface area contributed by atoms with Crippen LogP contribution >= 0.6 is 12.2 Å². The maximum atomic E-state index is 10.7. The first kappa shape index (κ1) is 22.0. The van der Waals surface area contributed by atoms with Crippen molar-refractivity contribution < 1.29 is 14.9 Å². The fourth-order valence-electron chi connectivity index (χ4n) is 4.10. The predicted octanol–water partition coefficient (Wildman–Crippen LogP) is 6.07. The van der Waals surface area contributed by atoms with Gasteiger partial charge in [-0.2, -0.15) is 5.10 Å². The molecule has 0 saturated heterocycles. The van der Waals surface area contributed by atoms with Crippen LogP contribution in [0.15, 0.2) is 36.5 Å². The minimum absolute atomic E-state index is 0.0550. The van der Waals surface area contributed by atoms with Gasteiger partial charge in [0.05, 0.1) is 23.9 Å². The lowest BCUT2D eigenvalue weighted by Gasteiger charge is -2.17. The molecule has 1 atom stereocenters. The highest BCUT2D eigenvalue weighted by Crippen LogP contribution is 2.40. The molecule has 8 heteroatoms. The number of benzene rings is 2. The number of hydrogen-bond acceptors (Lipinski definition) is 5. The van der Waals surface area contributed by atoms with E-state index in [2.05, 4.69) is 34.8 Å². The molecule has 2 aromatic carbocycles. The van der Waals surface area contributed by atoms with Gasteiger partial charge in [0.15, 0.2) is 10.6 Å². The molecule has 0 aliphatic carbocycles. The molecule has 0 aliphatic rings. The number of rotatable bonds is 6. The fraction of sp³-hybridized carbons (Fsp3) is 0.333. The topological polar surface area (TPSA) is 88.2 Å². The number of nitrogens with zero attached hydrogens (tertiary/aromatic N) is 3. The van der Waals surface area contributed by atoms with Crippen molar-refractivity contribution in [2.75, 3.05) is 7.11 Å². The summed E-state index contributed by atoms with van der Waals surface area (Å²) in [5.41, 5.74) is 3.02. The van der Waals surface area contributed by atoms with Crippen molar-refractivity contribution in [3.05, 3.63) is 46.9 Å². The first-order valence-electron chi connectivity index (χ1n) is 10.7. The number of fused-ring (bicyclic) bond motifs is 1. The number of H-pyrrole nitrogens is 1. The third kappa shape index (κ3) is 3.44. The number of aromatic hydroxyl groups is 2. The van der Waals surface area contributed by atoms with Gasteiger partial charge in [0, 0.05) is 23.7 Å². The summed E-state index contributed by atoms with van der Waals surface area (Å²) in [6.45, 7) is 8.29. The van der Waals surface area contributed by atoms with E-state index >= 15 is 0 Å². The molecule has 3 N–H and O–H groups in total. The van der Waals surface area contributed by atoms with Crippen LogP contribution in [0.5, 0.6) is 17.2 Å². The highest BCUT2D eigenvalue weighted by Gasteiger charge is 2.21. The van der Waals surface area contributed by atoms with Gasteiger partial charge < -0.3 is 19.5 Å². The van der Waals surface area contributed by atoms with Crippen molar-refractivity contribution in [1.82, 2.24) is 19.3 Å². The third-order valence-corrected chi connectivity index (χ3v) is 6.30. The van der Waals surface area contributed by atoms with E-state index in [4.69, 9.17) is 17.0 Å². The van der Waals surface area contributed by atoms with Gasteiger partial charge in [0.1, 0.15) is 17.2 Å². The normalized spacial score (nSPS) is 12.6. The van der Waals surface area contributed by atoms with Crippen molar-refractivity contribution >= 4 is 23.1 Å². The molecule has 0 radical (unpaired) electrons. The van der Waals surface area contributed by atoms with E-state index in [0.29, 0.717) is 22.2 Å². The van der Waals surface area contributed by atoms with E-state index in [0.717, 1.165) is 34.3 Å². The Morgan fingerprint density at radius 1 is 1.12 bits per heavy atom. The maximum Gasteiger partial charge on any atom is 0.200 e. The molecule has 0 spiro atoms. The van der Waals surface area contributed by atoms with Crippen LogP contribution < -0.4 is 4.74 Å². The Balaban J connectivity index is 2.01. The summed E-state index contributed by atoms with van der Waals surface area (Å²) in [5.74, 6) is 1.31. The number of phenols is 2. The second-order valence-electron chi connectivity index (χ2n) is 8.30. The molecule has 4 rings (SSSR count). The Kier molecular flexibility index (Phi) is 5.73. The quantitative estimate of drug-likeness (QED) is 0.309. The van der Waals surface area contributed by atoms with Crippen molar-refractivity contribution in [2.45, 2.75) is 46.1 Å². The van der Waals surface area contributed by atoms with Crippen LogP contribution in [0.3, 0.4) is 0 Å². The molecular weight excluding hydrogens is 424 g/mol. The lowest BCUT2D eigenvalue weighted by Crippen LogP contribution is -2.04. The summed E-state index contributed by atoms with van der Waals surface area (Å²) in [6, 6.07) is 9.33. The van der Waals surface area contributed by atoms with Crippen LogP contribution in [0.25, 0.3) is 28.0 Å². The SMILES string of the molecule is CCC(C)n1ccc2c(-n3c(-c4cc(C(C)C)c(O)cc4O)n[nH]c3=S)ccc(OC)c21. The first-order valence-corrected chi connectivity index (χ1v) is 11.1. The van der Waals surface area contributed by atoms with E-state index < -0.39 is 0 Å². The zero-order valence-electron chi connectivity index (χ0n) is 18.9. The lowest BCUT2D eigenvalue weighted by atomic mass is 9.98. The zero-order valence-corrected chi connectivity index (χ0v) is 19.7. The van der Waals surface area contributed by atoms with Gasteiger partial charge in [0.25, 0.3) is 0 Å². The van der Waals surface area contributed by atoms with E-state index in [1.165, 1.54) is 6.07 Å². The van der Waals surface area contributed by atoms with Gasteiger partial charge in [-0.15, -0.1) is 0 Å². The molecule has 0 fully saturated rings. The number of phenolic OH excluding ortho intramolecular Hbond substituents is 2. The van der Waals surface area contributed by atoms with E-state index in [1.54, 1.807) is 13.2 Å². The summed E-state index contributed by atoms with van der Waals surface area (Å²) in [6.07, 6.45) is 3.04. The summed E-state index contributed by atoms with van der Waals surface area (Å²) in [4.78, 5) is 0. The standard InChI is InChI=1S/C24H28N4O3S/c1-6-14(4)27-10-9-15-18(7-8-21(31-5)22(15)27)28-23(25-26-24(28)32)17-11-16(13(2)3)19(29)12-20(17)30/h7-14,29-30H,6H2,1-5H3,(H,26,32). The van der Waals surface area contributed by atoms with Crippen LogP contribution in [0.1, 0.15) is 51.6 Å². The molecule has 0 bridgehead atoms. The average Bonchev–Trinajstić information content (AvgIpc) is 3.37. The Bertz CT molecular complexity index is 1350. The number of aromatic amines is 1. The Morgan fingerprint density at radius 2 is 1.88 bits per heavy atom. The molecule has 0 amide bonds. The predicted molar refractivity (Wildman–Crippen MR) is 129 cm³/mol. The van der Waals surface area contributed by atoms with E-state index in [1.807, 2.05) is 36.6 Å². The monoisotopic (exact) mass is 452 g/mol. The summed E-state index contributed by atoms with van der Waals surface area (Å²) in [7, 11) is 1.67. The number of hydrogen-bond donors (Lipinski definition) is 3. The average molecular weight is 453 g/mol. The van der Waals surface area contributed by atoms with Crippen molar-refractivity contribution in [2.24, 2.45) is 0 Å². The molecule has 0 aliphatic heterocycles. The van der Waals surface area contributed by atoms with Crippen LogP contribution in [0.4, 0.5) is 0 Å². The highest BCUT2D eigenvalue weighted by molar-refractivity contribution is 7.71. The molecule has 4 aromatic rings.